The molecule has 108 valence electrons. The van der Waals surface area contributed by atoms with Gasteiger partial charge in [0, 0.05) is 12.3 Å². The fraction of sp³-hybridized carbons (Fsp3) is 0.600. The second kappa shape index (κ2) is 7.41. The number of carbonyl (C=O) groups excluding carboxylic acids is 1. The molecule has 0 bridgehead atoms. The molecule has 1 aromatic rings. The highest BCUT2D eigenvalue weighted by atomic mass is 32.1. The first kappa shape index (κ1) is 15.0. The van der Waals surface area contributed by atoms with E-state index in [0.717, 1.165) is 36.5 Å². The van der Waals surface area contributed by atoms with Gasteiger partial charge in [-0.3, -0.25) is 4.79 Å². The van der Waals surface area contributed by atoms with Gasteiger partial charge >= 0.3 is 0 Å². The Bertz CT molecular complexity index is 507. The van der Waals surface area contributed by atoms with Gasteiger partial charge in [0.2, 0.25) is 5.91 Å². The molecule has 1 amide bonds. The van der Waals surface area contributed by atoms with Crippen LogP contribution in [0.2, 0.25) is 0 Å². The first-order valence-electron chi connectivity index (χ1n) is 7.05. The normalized spacial score (nSPS) is 21.9. The van der Waals surface area contributed by atoms with E-state index in [0.29, 0.717) is 11.6 Å². The fourth-order valence-corrected chi connectivity index (χ4v) is 3.02. The topological polar surface area (TPSA) is 62.2 Å². The van der Waals surface area contributed by atoms with Gasteiger partial charge in [0.05, 0.1) is 17.7 Å². The van der Waals surface area contributed by atoms with Crippen LogP contribution in [0.15, 0.2) is 6.20 Å². The highest BCUT2D eigenvalue weighted by Crippen LogP contribution is 2.29. The smallest absolute Gasteiger partial charge is 0.229 e. The lowest BCUT2D eigenvalue weighted by Crippen LogP contribution is -2.26. The molecule has 1 fully saturated rings. The first-order valence-corrected chi connectivity index (χ1v) is 7.87. The second-order valence-corrected chi connectivity index (χ2v) is 6.28. The Kier molecular flexibility index (Phi) is 5.57. The molecule has 0 radical (unpaired) electrons. The first-order chi connectivity index (χ1) is 9.69. The Morgan fingerprint density at radius 3 is 2.95 bits per heavy atom. The van der Waals surface area contributed by atoms with E-state index in [-0.39, 0.29) is 18.4 Å². The molecular weight excluding hydrogens is 272 g/mol. The molecule has 0 spiro atoms. The molecule has 0 saturated heterocycles. The van der Waals surface area contributed by atoms with Gasteiger partial charge in [0.25, 0.3) is 0 Å². The highest BCUT2D eigenvalue weighted by Gasteiger charge is 2.24. The molecule has 1 aromatic heterocycles. The predicted octanol–water partition coefficient (Wildman–Crippen LogP) is 2.64. The summed E-state index contributed by atoms with van der Waals surface area (Å²) < 4.78 is 0. The van der Waals surface area contributed by atoms with E-state index in [1.54, 1.807) is 6.20 Å². The molecule has 0 aromatic carbocycles. The number of nitrogens with zero attached hydrogens (tertiary/aromatic N) is 1. The summed E-state index contributed by atoms with van der Waals surface area (Å²) in [6.07, 6.45) is 6.33. The monoisotopic (exact) mass is 292 g/mol. The molecule has 1 aliphatic rings. The van der Waals surface area contributed by atoms with E-state index < -0.39 is 0 Å². The second-order valence-electron chi connectivity index (χ2n) is 5.25. The predicted molar refractivity (Wildman–Crippen MR) is 80.4 cm³/mol. The number of amides is 1. The number of hydrogen-bond donors (Lipinski definition) is 2. The molecule has 0 atom stereocenters. The van der Waals surface area contributed by atoms with Crippen molar-refractivity contribution in [1.29, 1.82) is 0 Å². The third-order valence-corrected chi connectivity index (χ3v) is 4.40. The number of nitrogens with one attached hydrogen (secondary N) is 1. The highest BCUT2D eigenvalue weighted by molar-refractivity contribution is 7.16. The van der Waals surface area contributed by atoms with Crippen LogP contribution in [0.25, 0.3) is 0 Å². The van der Waals surface area contributed by atoms with E-state index in [1.165, 1.54) is 11.3 Å². The van der Waals surface area contributed by atoms with Gasteiger partial charge in [0.15, 0.2) is 5.13 Å². The van der Waals surface area contributed by atoms with Gasteiger partial charge < -0.3 is 10.4 Å². The van der Waals surface area contributed by atoms with Gasteiger partial charge in [-0.2, -0.15) is 0 Å². The van der Waals surface area contributed by atoms with Crippen molar-refractivity contribution in [2.45, 2.75) is 39.0 Å². The van der Waals surface area contributed by atoms with Gasteiger partial charge in [-0.1, -0.05) is 30.1 Å². The van der Waals surface area contributed by atoms with Crippen LogP contribution < -0.4 is 5.32 Å². The quantitative estimate of drug-likeness (QED) is 0.842. The largest absolute Gasteiger partial charge is 0.395 e. The van der Waals surface area contributed by atoms with Gasteiger partial charge in [-0.25, -0.2) is 4.98 Å². The molecule has 2 rings (SSSR count). The van der Waals surface area contributed by atoms with Crippen LogP contribution >= 0.6 is 11.3 Å². The lowest BCUT2D eigenvalue weighted by Gasteiger charge is -2.24. The number of anilines is 1. The number of aliphatic hydroxyl groups is 1. The van der Waals surface area contributed by atoms with E-state index in [2.05, 4.69) is 29.1 Å². The van der Waals surface area contributed by atoms with Crippen molar-refractivity contribution in [3.8, 4) is 11.8 Å². The zero-order valence-corrected chi connectivity index (χ0v) is 12.5. The van der Waals surface area contributed by atoms with Crippen LogP contribution in [0, 0.1) is 23.7 Å². The minimum absolute atomic E-state index is 0.0650. The van der Waals surface area contributed by atoms with Crippen molar-refractivity contribution in [3.05, 3.63) is 11.1 Å². The molecule has 4 nitrogen and oxygen atoms in total. The Labute approximate surface area is 123 Å². The summed E-state index contributed by atoms with van der Waals surface area (Å²) in [4.78, 5) is 17.1. The average Bonchev–Trinajstić information content (AvgIpc) is 2.87. The SMILES string of the molecule is CC1CCC(C(=O)Nc2ncc(C#CCCO)s2)CC1. The van der Waals surface area contributed by atoms with Crippen LogP contribution in [-0.4, -0.2) is 22.6 Å². The van der Waals surface area contributed by atoms with E-state index in [4.69, 9.17) is 5.11 Å². The van der Waals surface area contributed by atoms with Crippen molar-refractivity contribution >= 4 is 22.4 Å². The Balaban J connectivity index is 1.87. The summed E-state index contributed by atoms with van der Waals surface area (Å²) in [5.74, 6) is 6.71. The fourth-order valence-electron chi connectivity index (χ4n) is 2.32. The third-order valence-electron chi connectivity index (χ3n) is 3.57. The zero-order valence-electron chi connectivity index (χ0n) is 11.7. The summed E-state index contributed by atoms with van der Waals surface area (Å²) in [6.45, 7) is 2.31. The van der Waals surface area contributed by atoms with E-state index >= 15 is 0 Å². The van der Waals surface area contributed by atoms with Gasteiger partial charge in [-0.15, -0.1) is 0 Å². The molecule has 20 heavy (non-hydrogen) atoms. The van der Waals surface area contributed by atoms with Crippen LogP contribution in [0.5, 0.6) is 0 Å². The zero-order chi connectivity index (χ0) is 14.4. The van der Waals surface area contributed by atoms with E-state index in [9.17, 15) is 4.79 Å². The maximum Gasteiger partial charge on any atom is 0.229 e. The number of carbonyl (C=O) groups is 1. The molecule has 1 saturated carbocycles. The maximum atomic E-state index is 12.1. The van der Waals surface area contributed by atoms with Crippen molar-refractivity contribution < 1.29 is 9.90 Å². The van der Waals surface area contributed by atoms with Crippen molar-refractivity contribution in [1.82, 2.24) is 4.98 Å². The van der Waals surface area contributed by atoms with Crippen molar-refractivity contribution in [2.24, 2.45) is 11.8 Å². The molecule has 0 aliphatic heterocycles. The van der Waals surface area contributed by atoms with Gasteiger partial charge in [0.1, 0.15) is 0 Å². The number of aromatic nitrogens is 1. The van der Waals surface area contributed by atoms with Crippen molar-refractivity contribution in [2.75, 3.05) is 11.9 Å². The Morgan fingerprint density at radius 2 is 2.25 bits per heavy atom. The van der Waals surface area contributed by atoms with Crippen molar-refractivity contribution in [3.63, 3.8) is 0 Å². The Morgan fingerprint density at radius 1 is 1.50 bits per heavy atom. The molecular formula is C15H20N2O2S. The summed E-state index contributed by atoms with van der Waals surface area (Å²) >= 11 is 1.38. The molecule has 1 heterocycles. The summed E-state index contributed by atoms with van der Waals surface area (Å²) in [7, 11) is 0. The standard InChI is InChI=1S/C15H20N2O2S/c1-11-5-7-12(8-6-11)14(19)17-15-16-10-13(20-15)4-2-3-9-18/h10-12,18H,3,5-9H2,1H3,(H,16,17,19). The lowest BCUT2D eigenvalue weighted by atomic mass is 9.82. The lowest BCUT2D eigenvalue weighted by molar-refractivity contribution is -0.121. The number of rotatable bonds is 3. The maximum absolute atomic E-state index is 12.1. The number of aliphatic hydroxyl groups excluding tert-OH is 1. The summed E-state index contributed by atoms with van der Waals surface area (Å²) in [5.41, 5.74) is 0. The molecule has 2 N–H and O–H groups in total. The van der Waals surface area contributed by atoms with Gasteiger partial charge in [-0.05, 0) is 31.6 Å². The minimum atomic E-state index is 0.0650. The summed E-state index contributed by atoms with van der Waals surface area (Å²) in [5, 5.41) is 12.2. The Hall–Kier alpha value is -1.38. The molecule has 0 unspecified atom stereocenters. The number of hydrogen-bond acceptors (Lipinski definition) is 4. The van der Waals surface area contributed by atoms with Crippen LogP contribution in [0.3, 0.4) is 0 Å². The molecule has 1 aliphatic carbocycles. The van der Waals surface area contributed by atoms with E-state index in [1.807, 2.05) is 0 Å². The third kappa shape index (κ3) is 4.32. The van der Waals surface area contributed by atoms with Crippen LogP contribution in [0.1, 0.15) is 43.9 Å². The minimum Gasteiger partial charge on any atom is -0.395 e. The number of thiazole rings is 1. The van der Waals surface area contributed by atoms with Crippen LogP contribution in [0.4, 0.5) is 5.13 Å². The average molecular weight is 292 g/mol. The summed E-state index contributed by atoms with van der Waals surface area (Å²) in [6, 6.07) is 0. The molecule has 5 heteroatoms. The van der Waals surface area contributed by atoms with Crippen LogP contribution in [-0.2, 0) is 4.79 Å².